The minimum absolute atomic E-state index is 0.196. The molecule has 0 bridgehead atoms. The number of anilines is 1. The maximum absolute atomic E-state index is 13.2. The molecule has 0 aliphatic carbocycles. The number of thioether (sulfide) groups is 1. The van der Waals surface area contributed by atoms with E-state index in [9.17, 15) is 14.4 Å². The van der Waals surface area contributed by atoms with E-state index in [2.05, 4.69) is 27.9 Å². The van der Waals surface area contributed by atoms with Gasteiger partial charge in [0.2, 0.25) is 0 Å². The molecule has 0 radical (unpaired) electrons. The second-order valence-electron chi connectivity index (χ2n) is 8.64. The molecule has 4 aromatic carbocycles. The zero-order valence-electron chi connectivity index (χ0n) is 20.8. The number of amides is 3. The third kappa shape index (κ3) is 6.10. The highest BCUT2D eigenvalue weighted by Gasteiger charge is 2.35. The van der Waals surface area contributed by atoms with E-state index in [1.807, 2.05) is 66.7 Å². The fourth-order valence-electron chi connectivity index (χ4n) is 4.21. The number of nitrogens with zero attached hydrogens (tertiary/aromatic N) is 1. The third-order valence-electron chi connectivity index (χ3n) is 6.04. The fourth-order valence-corrected chi connectivity index (χ4v) is 5.83. The highest BCUT2D eigenvalue weighted by Crippen LogP contribution is 2.38. The number of halogens is 1. The van der Waals surface area contributed by atoms with Crippen LogP contribution in [0.3, 0.4) is 0 Å². The lowest BCUT2D eigenvalue weighted by Crippen LogP contribution is -2.27. The van der Waals surface area contributed by atoms with Crippen LogP contribution < -0.4 is 14.8 Å². The molecule has 196 valence electrons. The lowest BCUT2D eigenvalue weighted by atomic mass is 10.0. The number of nitrogens with one attached hydrogen (secondary N) is 1. The van der Waals surface area contributed by atoms with Crippen LogP contribution in [0.1, 0.15) is 11.1 Å². The number of para-hydroxylation sites is 1. The summed E-state index contributed by atoms with van der Waals surface area (Å²) in [5.74, 6) is 0.186. The number of fused-ring (bicyclic) bond motifs is 1. The number of hydrogen-bond donors (Lipinski definition) is 1. The minimum atomic E-state index is -0.343. The second kappa shape index (κ2) is 11.9. The molecule has 9 heteroatoms. The van der Waals surface area contributed by atoms with Crippen molar-refractivity contribution >= 4 is 73.9 Å². The van der Waals surface area contributed by atoms with Gasteiger partial charge in [0.25, 0.3) is 17.1 Å². The number of benzene rings is 4. The van der Waals surface area contributed by atoms with E-state index in [4.69, 9.17) is 9.47 Å². The number of rotatable bonds is 8. The molecule has 5 rings (SSSR count). The normalized spacial score (nSPS) is 14.2. The highest BCUT2D eigenvalue weighted by atomic mass is 127. The molecule has 0 aromatic heterocycles. The molecule has 0 atom stereocenters. The van der Waals surface area contributed by atoms with Gasteiger partial charge in [-0.15, -0.1) is 0 Å². The van der Waals surface area contributed by atoms with Crippen LogP contribution in [-0.2, 0) is 16.1 Å². The van der Waals surface area contributed by atoms with Gasteiger partial charge in [-0.1, -0.05) is 60.7 Å². The first-order chi connectivity index (χ1) is 18.9. The maximum atomic E-state index is 13.2. The monoisotopic (exact) mass is 650 g/mol. The number of hydrogen-bond acceptors (Lipinski definition) is 6. The number of carbonyl (C=O) groups is 3. The van der Waals surface area contributed by atoms with Crippen molar-refractivity contribution in [3.63, 3.8) is 0 Å². The van der Waals surface area contributed by atoms with Crippen molar-refractivity contribution in [3.8, 4) is 11.5 Å². The first-order valence-corrected chi connectivity index (χ1v) is 13.9. The van der Waals surface area contributed by atoms with E-state index in [-0.39, 0.29) is 30.2 Å². The summed E-state index contributed by atoms with van der Waals surface area (Å²) in [4.78, 5) is 39.9. The molecule has 0 saturated carbocycles. The molecule has 0 unspecified atom stereocenters. The van der Waals surface area contributed by atoms with Gasteiger partial charge in [-0.3, -0.25) is 19.3 Å². The minimum Gasteiger partial charge on any atom is -0.493 e. The summed E-state index contributed by atoms with van der Waals surface area (Å²) in [6, 6.07) is 26.4. The Bertz CT molecular complexity index is 1600. The lowest BCUT2D eigenvalue weighted by Gasteiger charge is -2.15. The van der Waals surface area contributed by atoms with Crippen molar-refractivity contribution < 1.29 is 23.9 Å². The van der Waals surface area contributed by atoms with Gasteiger partial charge in [0.05, 0.1) is 22.1 Å². The molecule has 0 spiro atoms. The van der Waals surface area contributed by atoms with Gasteiger partial charge in [0.15, 0.2) is 18.1 Å². The van der Waals surface area contributed by atoms with Crippen molar-refractivity contribution in [3.05, 3.63) is 105 Å². The van der Waals surface area contributed by atoms with Gasteiger partial charge in [0.1, 0.15) is 0 Å². The lowest BCUT2D eigenvalue weighted by molar-refractivity contribution is -0.123. The van der Waals surface area contributed by atoms with Gasteiger partial charge < -0.3 is 14.8 Å². The summed E-state index contributed by atoms with van der Waals surface area (Å²) in [6.45, 7) is -0.00427. The van der Waals surface area contributed by atoms with Crippen LogP contribution >= 0.6 is 34.4 Å². The third-order valence-corrected chi connectivity index (χ3v) is 7.75. The van der Waals surface area contributed by atoms with Crippen LogP contribution in [0.2, 0.25) is 0 Å². The Kier molecular flexibility index (Phi) is 8.18. The summed E-state index contributed by atoms with van der Waals surface area (Å²) in [5, 5.41) is 4.53. The Morgan fingerprint density at radius 1 is 1.00 bits per heavy atom. The van der Waals surface area contributed by atoms with Crippen LogP contribution in [0, 0.1) is 3.57 Å². The molecular weight excluding hydrogens is 627 g/mol. The Morgan fingerprint density at radius 3 is 2.54 bits per heavy atom. The molecule has 1 aliphatic rings. The molecular formula is C30H23IN2O5S. The maximum Gasteiger partial charge on any atom is 0.293 e. The van der Waals surface area contributed by atoms with Gasteiger partial charge in [-0.2, -0.15) is 0 Å². The number of carbonyl (C=O) groups excluding carboxylic acids is 3. The van der Waals surface area contributed by atoms with Crippen molar-refractivity contribution in [2.75, 3.05) is 19.0 Å². The van der Waals surface area contributed by atoms with Crippen LogP contribution in [0.15, 0.2) is 89.8 Å². The van der Waals surface area contributed by atoms with E-state index >= 15 is 0 Å². The highest BCUT2D eigenvalue weighted by molar-refractivity contribution is 14.1. The first kappa shape index (κ1) is 26.8. The Hall–Kier alpha value is -3.83. The largest absolute Gasteiger partial charge is 0.493 e. The zero-order valence-corrected chi connectivity index (χ0v) is 23.8. The fraction of sp³-hybridized carbons (Fsp3) is 0.100. The first-order valence-electron chi connectivity index (χ1n) is 12.0. The van der Waals surface area contributed by atoms with Crippen molar-refractivity contribution in [1.29, 1.82) is 0 Å². The van der Waals surface area contributed by atoms with E-state index in [0.717, 1.165) is 28.1 Å². The van der Waals surface area contributed by atoms with Gasteiger partial charge in [-0.05, 0) is 86.6 Å². The topological polar surface area (TPSA) is 84.9 Å². The van der Waals surface area contributed by atoms with Crippen molar-refractivity contribution in [2.45, 2.75) is 6.54 Å². The van der Waals surface area contributed by atoms with Crippen molar-refractivity contribution in [1.82, 2.24) is 4.90 Å². The van der Waals surface area contributed by atoms with E-state index < -0.39 is 0 Å². The quantitative estimate of drug-likeness (QED) is 0.169. The molecule has 1 aliphatic heterocycles. The van der Waals surface area contributed by atoms with Gasteiger partial charge >= 0.3 is 0 Å². The van der Waals surface area contributed by atoms with Crippen LogP contribution in [0.5, 0.6) is 11.5 Å². The van der Waals surface area contributed by atoms with Gasteiger partial charge in [-0.25, -0.2) is 0 Å². The summed E-state index contributed by atoms with van der Waals surface area (Å²) in [5.41, 5.74) is 2.26. The molecule has 3 amide bonds. The SMILES string of the molecule is COc1cc(/C=C2/SC(=O)N(Cc3cccc4ccccc34)C2=O)cc(I)c1OCC(=O)Nc1ccccc1. The summed E-state index contributed by atoms with van der Waals surface area (Å²) in [6.07, 6.45) is 1.67. The van der Waals surface area contributed by atoms with Crippen LogP contribution in [0.25, 0.3) is 16.8 Å². The standard InChI is InChI=1S/C30H23IN2O5S/c1-37-25-15-19(14-24(31)28(25)38-18-27(34)32-22-11-3-2-4-12-22)16-26-29(35)33(30(36)39-26)17-21-10-7-9-20-8-5-6-13-23(20)21/h2-16H,17-18H2,1H3,(H,32,34)/b26-16+. The van der Waals surface area contributed by atoms with Gasteiger partial charge in [0, 0.05) is 5.69 Å². The Morgan fingerprint density at radius 2 is 1.74 bits per heavy atom. The van der Waals surface area contributed by atoms with Crippen LogP contribution in [-0.4, -0.2) is 35.7 Å². The second-order valence-corrected chi connectivity index (χ2v) is 10.8. The Balaban J connectivity index is 1.31. The van der Waals surface area contributed by atoms with E-state index in [1.165, 1.54) is 12.0 Å². The predicted octanol–water partition coefficient (Wildman–Crippen LogP) is 6.71. The average molecular weight is 650 g/mol. The number of methoxy groups -OCH3 is 1. The van der Waals surface area contributed by atoms with Crippen LogP contribution in [0.4, 0.5) is 10.5 Å². The van der Waals surface area contributed by atoms with E-state index in [1.54, 1.807) is 24.3 Å². The smallest absolute Gasteiger partial charge is 0.293 e. The number of imide groups is 1. The molecule has 4 aromatic rings. The van der Waals surface area contributed by atoms with Crippen molar-refractivity contribution in [2.24, 2.45) is 0 Å². The number of ether oxygens (including phenoxy) is 2. The predicted molar refractivity (Wildman–Crippen MR) is 162 cm³/mol. The van der Waals surface area contributed by atoms with E-state index in [0.29, 0.717) is 31.2 Å². The average Bonchev–Trinajstić information content (AvgIpc) is 3.20. The zero-order chi connectivity index (χ0) is 27.4. The molecule has 1 N–H and O–H groups in total. The molecule has 1 heterocycles. The Labute approximate surface area is 243 Å². The molecule has 7 nitrogen and oxygen atoms in total. The summed E-state index contributed by atoms with van der Waals surface area (Å²) in [7, 11) is 1.50. The summed E-state index contributed by atoms with van der Waals surface area (Å²) < 4.78 is 12.0. The molecule has 1 fully saturated rings. The summed E-state index contributed by atoms with van der Waals surface area (Å²) >= 11 is 3.00. The molecule has 1 saturated heterocycles. The molecule has 39 heavy (non-hydrogen) atoms.